The number of allylic oxidation sites excluding steroid dienone is 5. The Morgan fingerprint density at radius 2 is 2.07 bits per heavy atom. The predicted molar refractivity (Wildman–Crippen MR) is 118 cm³/mol. The van der Waals surface area contributed by atoms with E-state index < -0.39 is 11.6 Å². The Morgan fingerprint density at radius 1 is 1.34 bits per heavy atom. The summed E-state index contributed by atoms with van der Waals surface area (Å²) in [7, 11) is 0. The SMILES string of the molecule is C=C1[C@H](C)CCC[C@]1(C)CC/C=C/CC1=C(O)C(NCCC(C)C)=CC(=O)C1=O. The van der Waals surface area contributed by atoms with Gasteiger partial charge in [-0.3, -0.25) is 9.59 Å². The minimum Gasteiger partial charge on any atom is -0.505 e. The molecule has 0 aromatic carbocycles. The van der Waals surface area contributed by atoms with Crippen LogP contribution in [-0.2, 0) is 9.59 Å². The minimum absolute atomic E-state index is 0.0931. The Bertz CT molecular complexity index is 741. The van der Waals surface area contributed by atoms with Gasteiger partial charge in [-0.05, 0) is 55.8 Å². The lowest BCUT2D eigenvalue weighted by molar-refractivity contribution is -0.131. The molecule has 1 fully saturated rings. The number of carbonyl (C=O) groups excluding carboxylic acids is 2. The molecule has 4 nitrogen and oxygen atoms in total. The van der Waals surface area contributed by atoms with Crippen molar-refractivity contribution in [3.05, 3.63) is 47.4 Å². The molecule has 0 radical (unpaired) electrons. The van der Waals surface area contributed by atoms with Crippen LogP contribution < -0.4 is 5.32 Å². The van der Waals surface area contributed by atoms with Crippen LogP contribution in [0, 0.1) is 17.3 Å². The van der Waals surface area contributed by atoms with Crippen molar-refractivity contribution in [2.75, 3.05) is 6.54 Å². The van der Waals surface area contributed by atoms with Crippen molar-refractivity contribution in [1.29, 1.82) is 0 Å². The van der Waals surface area contributed by atoms with Crippen molar-refractivity contribution in [3.8, 4) is 0 Å². The average Bonchev–Trinajstić information content (AvgIpc) is 2.66. The third kappa shape index (κ3) is 5.94. The van der Waals surface area contributed by atoms with E-state index in [1.54, 1.807) is 0 Å². The maximum atomic E-state index is 12.2. The summed E-state index contributed by atoms with van der Waals surface area (Å²) in [6, 6.07) is 0. The Labute approximate surface area is 175 Å². The highest BCUT2D eigenvalue weighted by atomic mass is 16.3. The van der Waals surface area contributed by atoms with E-state index in [-0.39, 0.29) is 23.2 Å². The van der Waals surface area contributed by atoms with Gasteiger partial charge in [0.2, 0.25) is 11.6 Å². The molecule has 0 saturated heterocycles. The van der Waals surface area contributed by atoms with E-state index in [1.165, 1.54) is 30.9 Å². The van der Waals surface area contributed by atoms with Crippen molar-refractivity contribution in [2.45, 2.75) is 72.6 Å². The molecule has 0 aromatic rings. The van der Waals surface area contributed by atoms with Gasteiger partial charge in [0.25, 0.3) is 0 Å². The first-order chi connectivity index (χ1) is 13.7. The number of aliphatic hydroxyl groups is 1. The molecular formula is C25H37NO3. The number of hydrogen-bond donors (Lipinski definition) is 2. The molecule has 2 aliphatic carbocycles. The topological polar surface area (TPSA) is 66.4 Å². The summed E-state index contributed by atoms with van der Waals surface area (Å²) in [4.78, 5) is 24.2. The summed E-state index contributed by atoms with van der Waals surface area (Å²) in [5.41, 5.74) is 2.07. The lowest BCUT2D eigenvalue weighted by Gasteiger charge is -2.39. The molecule has 0 spiro atoms. The Morgan fingerprint density at radius 3 is 2.76 bits per heavy atom. The molecule has 0 aromatic heterocycles. The Balaban J connectivity index is 1.95. The second-order valence-corrected chi connectivity index (χ2v) is 9.28. The van der Waals surface area contributed by atoms with Gasteiger partial charge in [0.1, 0.15) is 5.76 Å². The first-order valence-electron chi connectivity index (χ1n) is 11.0. The second-order valence-electron chi connectivity index (χ2n) is 9.28. The third-order valence-corrected chi connectivity index (χ3v) is 6.44. The maximum Gasteiger partial charge on any atom is 0.233 e. The van der Waals surface area contributed by atoms with E-state index in [9.17, 15) is 14.7 Å². The molecule has 160 valence electrons. The first kappa shape index (κ1) is 23.2. The molecule has 0 unspecified atom stereocenters. The van der Waals surface area contributed by atoms with Gasteiger partial charge in [-0.1, -0.05) is 58.4 Å². The van der Waals surface area contributed by atoms with Crippen LogP contribution in [-0.4, -0.2) is 23.2 Å². The van der Waals surface area contributed by atoms with Gasteiger partial charge in [-0.25, -0.2) is 0 Å². The smallest absolute Gasteiger partial charge is 0.233 e. The number of ketones is 2. The van der Waals surface area contributed by atoms with Crippen LogP contribution in [0.25, 0.3) is 0 Å². The predicted octanol–water partition coefficient (Wildman–Crippen LogP) is 5.58. The Kier molecular flexibility index (Phi) is 8.06. The number of nitrogens with one attached hydrogen (secondary N) is 1. The number of Topliss-reactive ketones (excluding diaryl/α,β-unsaturated/α-hetero) is 1. The second kappa shape index (κ2) is 10.1. The highest BCUT2D eigenvalue weighted by Crippen LogP contribution is 2.45. The average molecular weight is 400 g/mol. The quantitative estimate of drug-likeness (QED) is 0.302. The zero-order chi connectivity index (χ0) is 21.6. The van der Waals surface area contributed by atoms with Gasteiger partial charge in [0.15, 0.2) is 0 Å². The number of aliphatic hydroxyl groups excluding tert-OH is 1. The fourth-order valence-electron chi connectivity index (χ4n) is 4.24. The molecule has 2 aliphatic rings. The minimum atomic E-state index is -0.608. The monoisotopic (exact) mass is 399 g/mol. The molecule has 2 rings (SSSR count). The summed E-state index contributed by atoms with van der Waals surface area (Å²) in [6.45, 7) is 13.8. The highest BCUT2D eigenvalue weighted by Gasteiger charge is 2.33. The molecule has 2 atom stereocenters. The third-order valence-electron chi connectivity index (χ3n) is 6.44. The van der Waals surface area contributed by atoms with E-state index in [1.807, 2.05) is 6.08 Å². The lowest BCUT2D eigenvalue weighted by Crippen LogP contribution is -2.28. The first-order valence-corrected chi connectivity index (χ1v) is 11.0. The van der Waals surface area contributed by atoms with E-state index in [0.717, 1.165) is 19.3 Å². The van der Waals surface area contributed by atoms with Crippen molar-refractivity contribution in [3.63, 3.8) is 0 Å². The summed E-state index contributed by atoms with van der Waals surface area (Å²) >= 11 is 0. The fraction of sp³-hybridized carbons (Fsp3) is 0.600. The van der Waals surface area contributed by atoms with E-state index >= 15 is 0 Å². The summed E-state index contributed by atoms with van der Waals surface area (Å²) < 4.78 is 0. The van der Waals surface area contributed by atoms with Gasteiger partial charge in [-0.15, -0.1) is 0 Å². The van der Waals surface area contributed by atoms with Crippen molar-refractivity contribution >= 4 is 11.6 Å². The molecule has 0 amide bonds. The van der Waals surface area contributed by atoms with Crippen LogP contribution in [0.3, 0.4) is 0 Å². The fourth-order valence-corrected chi connectivity index (χ4v) is 4.24. The Hall–Kier alpha value is -2.10. The maximum absolute atomic E-state index is 12.2. The molecule has 0 bridgehead atoms. The molecule has 0 heterocycles. The van der Waals surface area contributed by atoms with Crippen molar-refractivity contribution in [2.24, 2.45) is 17.3 Å². The summed E-state index contributed by atoms with van der Waals surface area (Å²) in [5.74, 6) is -0.174. The number of rotatable bonds is 9. The van der Waals surface area contributed by atoms with Gasteiger partial charge >= 0.3 is 0 Å². The molecule has 4 heteroatoms. The lowest BCUT2D eigenvalue weighted by atomic mass is 9.66. The van der Waals surface area contributed by atoms with E-state index in [2.05, 4.69) is 45.7 Å². The normalized spacial score (nSPS) is 25.9. The van der Waals surface area contributed by atoms with Crippen LogP contribution in [0.15, 0.2) is 47.4 Å². The van der Waals surface area contributed by atoms with Crippen LogP contribution in [0.1, 0.15) is 72.6 Å². The number of hydrogen-bond acceptors (Lipinski definition) is 4. The molecular weight excluding hydrogens is 362 g/mol. The number of carbonyl (C=O) groups is 2. The zero-order valence-corrected chi connectivity index (χ0v) is 18.5. The van der Waals surface area contributed by atoms with Gasteiger partial charge in [0, 0.05) is 12.6 Å². The molecule has 0 aliphatic heterocycles. The summed E-state index contributed by atoms with van der Waals surface area (Å²) in [6.07, 6.45) is 11.9. The van der Waals surface area contributed by atoms with E-state index in [4.69, 9.17) is 0 Å². The van der Waals surface area contributed by atoms with Gasteiger partial charge in [-0.2, -0.15) is 0 Å². The zero-order valence-electron chi connectivity index (χ0n) is 18.5. The summed E-state index contributed by atoms with van der Waals surface area (Å²) in [5, 5.41) is 13.6. The van der Waals surface area contributed by atoms with Crippen molar-refractivity contribution in [1.82, 2.24) is 5.32 Å². The largest absolute Gasteiger partial charge is 0.505 e. The molecule has 1 saturated carbocycles. The van der Waals surface area contributed by atoms with Crippen molar-refractivity contribution < 1.29 is 14.7 Å². The van der Waals surface area contributed by atoms with E-state index in [0.29, 0.717) is 24.1 Å². The van der Waals surface area contributed by atoms with Crippen LogP contribution in [0.5, 0.6) is 0 Å². The van der Waals surface area contributed by atoms with Crippen LogP contribution in [0.4, 0.5) is 0 Å². The van der Waals surface area contributed by atoms with Crippen LogP contribution in [0.2, 0.25) is 0 Å². The highest BCUT2D eigenvalue weighted by molar-refractivity contribution is 6.48. The van der Waals surface area contributed by atoms with Crippen LogP contribution >= 0.6 is 0 Å². The molecule has 29 heavy (non-hydrogen) atoms. The standard InChI is InChI=1S/C25H37NO3/c1-17(2)12-15-26-21-16-22(27)24(29)20(23(21)28)11-7-6-8-13-25(5)14-9-10-18(3)19(25)4/h6-7,16-18,26,28H,4,8-15H2,1-3,5H3/b7-6+/t18-,25+/m1/s1. The van der Waals surface area contributed by atoms with Gasteiger partial charge < -0.3 is 10.4 Å². The van der Waals surface area contributed by atoms with Gasteiger partial charge in [0.05, 0.1) is 11.3 Å². The molecule has 2 N–H and O–H groups in total.